The Labute approximate surface area is 85.3 Å². The van der Waals surface area contributed by atoms with E-state index in [1.165, 1.54) is 0 Å². The summed E-state index contributed by atoms with van der Waals surface area (Å²) in [4.78, 5) is 0.943. The summed E-state index contributed by atoms with van der Waals surface area (Å²) in [5.74, 6) is 5.11. The van der Waals surface area contributed by atoms with Gasteiger partial charge in [-0.05, 0) is 24.6 Å². The van der Waals surface area contributed by atoms with Gasteiger partial charge in [0.15, 0.2) is 0 Å². The highest BCUT2D eigenvalue weighted by molar-refractivity contribution is 7.80. The van der Waals surface area contributed by atoms with Crippen LogP contribution in [0.3, 0.4) is 0 Å². The minimum Gasteiger partial charge on any atom is -0.323 e. The second-order valence-corrected chi connectivity index (χ2v) is 2.78. The zero-order chi connectivity index (χ0) is 10.3. The SMILES string of the molecule is C/C(=N\N)c1ccc(S)cc1.CC. The fraction of sp³-hybridized carbons (Fsp3) is 0.300. The first-order chi connectivity index (χ1) is 6.24. The molecule has 0 aromatic heterocycles. The first kappa shape index (κ1) is 12.0. The first-order valence-corrected chi connectivity index (χ1v) is 4.72. The highest BCUT2D eigenvalue weighted by Gasteiger charge is 1.94. The van der Waals surface area contributed by atoms with Crippen LogP contribution in [0, 0.1) is 0 Å². The monoisotopic (exact) mass is 196 g/mol. The molecule has 0 unspecified atom stereocenters. The molecule has 3 heteroatoms. The van der Waals surface area contributed by atoms with Gasteiger partial charge in [0.1, 0.15) is 0 Å². The van der Waals surface area contributed by atoms with E-state index in [4.69, 9.17) is 5.84 Å². The Morgan fingerprint density at radius 1 is 1.23 bits per heavy atom. The molecular formula is C10H16N2S. The van der Waals surface area contributed by atoms with Crippen molar-refractivity contribution >= 4 is 18.3 Å². The summed E-state index contributed by atoms with van der Waals surface area (Å²) in [5.41, 5.74) is 1.86. The number of hydrogen-bond acceptors (Lipinski definition) is 3. The van der Waals surface area contributed by atoms with Crippen molar-refractivity contribution in [3.8, 4) is 0 Å². The summed E-state index contributed by atoms with van der Waals surface area (Å²) in [5, 5.41) is 3.58. The van der Waals surface area contributed by atoms with Crippen molar-refractivity contribution in [2.45, 2.75) is 25.7 Å². The fourth-order valence-electron chi connectivity index (χ4n) is 0.777. The van der Waals surface area contributed by atoms with Crippen LogP contribution in [-0.2, 0) is 0 Å². The van der Waals surface area contributed by atoms with Gasteiger partial charge < -0.3 is 5.84 Å². The minimum absolute atomic E-state index is 0.832. The van der Waals surface area contributed by atoms with Crippen LogP contribution in [0.25, 0.3) is 0 Å². The van der Waals surface area contributed by atoms with Crippen LogP contribution in [0.15, 0.2) is 34.3 Å². The van der Waals surface area contributed by atoms with Crippen molar-refractivity contribution in [3.05, 3.63) is 29.8 Å². The minimum atomic E-state index is 0.832. The van der Waals surface area contributed by atoms with Crippen LogP contribution < -0.4 is 5.84 Å². The molecule has 0 amide bonds. The Morgan fingerprint density at radius 3 is 2.08 bits per heavy atom. The Morgan fingerprint density at radius 2 is 1.69 bits per heavy atom. The summed E-state index contributed by atoms with van der Waals surface area (Å²) in [6.07, 6.45) is 0. The lowest BCUT2D eigenvalue weighted by atomic mass is 10.1. The maximum absolute atomic E-state index is 5.11. The Kier molecular flexibility index (Phi) is 6.06. The molecule has 1 aromatic rings. The number of nitrogens with zero attached hydrogens (tertiary/aromatic N) is 1. The first-order valence-electron chi connectivity index (χ1n) is 4.28. The van der Waals surface area contributed by atoms with Crippen LogP contribution >= 0.6 is 12.6 Å². The van der Waals surface area contributed by atoms with Crippen molar-refractivity contribution in [2.75, 3.05) is 0 Å². The molecule has 0 saturated heterocycles. The van der Waals surface area contributed by atoms with E-state index in [0.717, 1.165) is 16.2 Å². The summed E-state index contributed by atoms with van der Waals surface area (Å²) < 4.78 is 0. The molecule has 0 atom stereocenters. The molecule has 0 spiro atoms. The van der Waals surface area contributed by atoms with Gasteiger partial charge >= 0.3 is 0 Å². The molecule has 0 heterocycles. The summed E-state index contributed by atoms with van der Waals surface area (Å²) >= 11 is 4.16. The van der Waals surface area contributed by atoms with E-state index in [2.05, 4.69) is 17.7 Å². The molecule has 0 aliphatic rings. The largest absolute Gasteiger partial charge is 0.323 e. The third kappa shape index (κ3) is 3.99. The third-order valence-corrected chi connectivity index (χ3v) is 1.78. The highest BCUT2D eigenvalue weighted by Crippen LogP contribution is 2.07. The Hall–Kier alpha value is -0.960. The molecule has 2 nitrogen and oxygen atoms in total. The maximum Gasteiger partial charge on any atom is 0.0641 e. The lowest BCUT2D eigenvalue weighted by Crippen LogP contribution is -1.97. The molecule has 0 radical (unpaired) electrons. The van der Waals surface area contributed by atoms with Gasteiger partial charge in [0.05, 0.1) is 5.71 Å². The van der Waals surface area contributed by atoms with Crippen LogP contribution in [0.5, 0.6) is 0 Å². The Bertz CT molecular complexity index is 265. The molecule has 13 heavy (non-hydrogen) atoms. The van der Waals surface area contributed by atoms with Gasteiger partial charge in [0.25, 0.3) is 0 Å². The number of hydrazone groups is 1. The summed E-state index contributed by atoms with van der Waals surface area (Å²) in [6, 6.07) is 7.70. The number of rotatable bonds is 1. The topological polar surface area (TPSA) is 38.4 Å². The quantitative estimate of drug-likeness (QED) is 0.308. The molecule has 1 aromatic carbocycles. The molecule has 2 N–H and O–H groups in total. The second-order valence-electron chi connectivity index (χ2n) is 2.26. The summed E-state index contributed by atoms with van der Waals surface area (Å²) in [7, 11) is 0. The number of nitrogens with two attached hydrogens (primary N) is 1. The van der Waals surface area contributed by atoms with E-state index in [9.17, 15) is 0 Å². The standard InChI is InChI=1S/C8H10N2S.C2H6/c1-6(10-9)7-2-4-8(11)5-3-7;1-2/h2-5,11H,9H2,1H3;1-2H3/b10-6+;. The van der Waals surface area contributed by atoms with E-state index >= 15 is 0 Å². The van der Waals surface area contributed by atoms with Crippen LogP contribution in [0.2, 0.25) is 0 Å². The number of benzene rings is 1. The fourth-order valence-corrected chi connectivity index (χ4v) is 0.926. The number of thiol groups is 1. The van der Waals surface area contributed by atoms with E-state index in [-0.39, 0.29) is 0 Å². The van der Waals surface area contributed by atoms with Crippen molar-refractivity contribution in [1.82, 2.24) is 0 Å². The third-order valence-electron chi connectivity index (χ3n) is 1.48. The van der Waals surface area contributed by atoms with Gasteiger partial charge in [0.2, 0.25) is 0 Å². The van der Waals surface area contributed by atoms with Crippen LogP contribution in [0.4, 0.5) is 0 Å². The molecule has 0 aliphatic carbocycles. The molecule has 0 saturated carbocycles. The lowest BCUT2D eigenvalue weighted by molar-refractivity contribution is 1.23. The number of hydrogen-bond donors (Lipinski definition) is 2. The molecule has 1 rings (SSSR count). The predicted molar refractivity (Wildman–Crippen MR) is 61.4 cm³/mol. The average molecular weight is 196 g/mol. The zero-order valence-corrected chi connectivity index (χ0v) is 9.18. The molecular weight excluding hydrogens is 180 g/mol. The van der Waals surface area contributed by atoms with Crippen molar-refractivity contribution in [1.29, 1.82) is 0 Å². The molecule has 0 aliphatic heterocycles. The molecule has 0 bridgehead atoms. The predicted octanol–water partition coefficient (Wildman–Crippen LogP) is 2.68. The van der Waals surface area contributed by atoms with Gasteiger partial charge in [-0.25, -0.2) is 0 Å². The van der Waals surface area contributed by atoms with E-state index in [1.807, 2.05) is 45.0 Å². The van der Waals surface area contributed by atoms with E-state index in [0.29, 0.717) is 0 Å². The van der Waals surface area contributed by atoms with Gasteiger partial charge in [-0.2, -0.15) is 5.10 Å². The van der Waals surface area contributed by atoms with Gasteiger partial charge in [-0.1, -0.05) is 26.0 Å². The summed E-state index contributed by atoms with van der Waals surface area (Å²) in [6.45, 7) is 5.87. The van der Waals surface area contributed by atoms with Gasteiger partial charge in [0, 0.05) is 4.90 Å². The smallest absolute Gasteiger partial charge is 0.0641 e. The van der Waals surface area contributed by atoms with Gasteiger partial charge in [-0.3, -0.25) is 0 Å². The van der Waals surface area contributed by atoms with Crippen molar-refractivity contribution in [2.24, 2.45) is 10.9 Å². The van der Waals surface area contributed by atoms with Gasteiger partial charge in [-0.15, -0.1) is 12.6 Å². The van der Waals surface area contributed by atoms with E-state index < -0.39 is 0 Å². The van der Waals surface area contributed by atoms with Crippen LogP contribution in [0.1, 0.15) is 26.3 Å². The van der Waals surface area contributed by atoms with E-state index in [1.54, 1.807) is 0 Å². The van der Waals surface area contributed by atoms with Crippen molar-refractivity contribution in [3.63, 3.8) is 0 Å². The van der Waals surface area contributed by atoms with Crippen LogP contribution in [-0.4, -0.2) is 5.71 Å². The maximum atomic E-state index is 5.11. The van der Waals surface area contributed by atoms with Crippen molar-refractivity contribution < 1.29 is 0 Å². The Balaban J connectivity index is 0.000000671. The normalized spacial score (nSPS) is 10.3. The lowest BCUT2D eigenvalue weighted by Gasteiger charge is -1.97. The highest BCUT2D eigenvalue weighted by atomic mass is 32.1. The average Bonchev–Trinajstić information content (AvgIpc) is 2.21. The molecule has 0 fully saturated rings. The molecule has 72 valence electrons. The second kappa shape index (κ2) is 6.54. The zero-order valence-electron chi connectivity index (χ0n) is 8.28.